The van der Waals surface area contributed by atoms with Crippen molar-refractivity contribution < 1.29 is 45.4 Å². The van der Waals surface area contributed by atoms with Gasteiger partial charge in [0.05, 0.1) is 43.3 Å². The summed E-state index contributed by atoms with van der Waals surface area (Å²) < 4.78 is 84.7. The first kappa shape index (κ1) is 33.3. The largest absolute Gasteiger partial charge is 0.496 e. The van der Waals surface area contributed by atoms with Crippen LogP contribution in [-0.4, -0.2) is 53.7 Å². The Balaban J connectivity index is 1.32. The Kier molecular flexibility index (Phi) is 9.75. The summed E-state index contributed by atoms with van der Waals surface area (Å²) in [6.45, 7) is 0.168. The molecule has 1 amide bonds. The van der Waals surface area contributed by atoms with Gasteiger partial charge in [-0.05, 0) is 65.2 Å². The summed E-state index contributed by atoms with van der Waals surface area (Å²) in [5, 5.41) is 2.75. The predicted molar refractivity (Wildman–Crippen MR) is 168 cm³/mol. The molecule has 1 N–H and O–H groups in total. The molecule has 0 fully saturated rings. The van der Waals surface area contributed by atoms with Crippen LogP contribution in [0.4, 0.5) is 18.9 Å². The number of hydrogen-bond donors (Lipinski definition) is 1. The van der Waals surface area contributed by atoms with Crippen molar-refractivity contribution in [3.63, 3.8) is 0 Å². The van der Waals surface area contributed by atoms with E-state index in [0.717, 1.165) is 22.0 Å². The molecule has 0 bridgehead atoms. The van der Waals surface area contributed by atoms with E-state index in [4.69, 9.17) is 9.47 Å². The number of carbonyl (C=O) groups excluding carboxylic acids is 2. The summed E-state index contributed by atoms with van der Waals surface area (Å²) in [6.07, 6.45) is -4.35. The second-order valence-corrected chi connectivity index (χ2v) is 12.4. The number of nitrogens with one attached hydrogen (secondary N) is 1. The van der Waals surface area contributed by atoms with Crippen molar-refractivity contribution in [2.24, 2.45) is 0 Å². The summed E-state index contributed by atoms with van der Waals surface area (Å²) in [6, 6.07) is 20.8. The molecule has 4 aromatic carbocycles. The monoisotopic (exact) mass is 668 g/mol. The molecule has 1 aliphatic rings. The lowest BCUT2D eigenvalue weighted by Crippen LogP contribution is -2.48. The van der Waals surface area contributed by atoms with Crippen LogP contribution in [0, 0.1) is 0 Å². The molecular weight excluding hydrogens is 637 g/mol. The molecule has 0 saturated carbocycles. The maximum Gasteiger partial charge on any atom is 0.416 e. The van der Waals surface area contributed by atoms with Gasteiger partial charge in [-0.2, -0.15) is 13.2 Å². The van der Waals surface area contributed by atoms with E-state index in [9.17, 15) is 31.2 Å². The number of anilines is 1. The zero-order chi connectivity index (χ0) is 33.8. The molecule has 1 aliphatic heterocycles. The number of benzene rings is 4. The molecular formula is C34H31F3N2O7S. The predicted octanol–water partition coefficient (Wildman–Crippen LogP) is 5.41. The Bertz CT molecular complexity index is 1860. The third-order valence-corrected chi connectivity index (χ3v) is 9.49. The summed E-state index contributed by atoms with van der Waals surface area (Å²) >= 11 is 0. The van der Waals surface area contributed by atoms with Crippen LogP contribution in [-0.2, 0) is 43.4 Å². The van der Waals surface area contributed by atoms with Gasteiger partial charge in [0, 0.05) is 12.0 Å². The van der Waals surface area contributed by atoms with Gasteiger partial charge >= 0.3 is 12.1 Å². The highest BCUT2D eigenvalue weighted by Crippen LogP contribution is 2.42. The molecule has 1 heterocycles. The maximum absolute atomic E-state index is 14.1. The van der Waals surface area contributed by atoms with Crippen LogP contribution in [0.15, 0.2) is 95.9 Å². The van der Waals surface area contributed by atoms with E-state index < -0.39 is 33.7 Å². The van der Waals surface area contributed by atoms with Gasteiger partial charge in [-0.25, -0.2) is 8.42 Å². The standard InChI is InChI=1S/C34H31F3N2O7S/c1-44-31-8-4-7-29-28(31)21-30(33(41)38-17-18-46-26-13-9-22(10-14-26)19-32(40)45-2)39(29)47(42,43)27-15-11-23(12-16-27)24-5-3-6-25(20-24)34(35,36)37/h3-16,20,30H,17-19,21H2,1-2H3,(H,38,41). The second kappa shape index (κ2) is 13.8. The van der Waals surface area contributed by atoms with Gasteiger partial charge in [-0.3, -0.25) is 13.9 Å². The lowest BCUT2D eigenvalue weighted by molar-refractivity contribution is -0.140. The van der Waals surface area contributed by atoms with Gasteiger partial charge in [0.1, 0.15) is 24.1 Å². The number of amides is 1. The number of rotatable bonds is 11. The third-order valence-electron chi connectivity index (χ3n) is 7.65. The van der Waals surface area contributed by atoms with Crippen molar-refractivity contribution in [2.75, 3.05) is 31.7 Å². The van der Waals surface area contributed by atoms with Crippen LogP contribution in [0.1, 0.15) is 16.7 Å². The lowest BCUT2D eigenvalue weighted by Gasteiger charge is -2.26. The van der Waals surface area contributed by atoms with Crippen LogP contribution >= 0.6 is 0 Å². The van der Waals surface area contributed by atoms with Crippen molar-refractivity contribution in [1.82, 2.24) is 5.32 Å². The Labute approximate surface area is 269 Å². The van der Waals surface area contributed by atoms with Crippen LogP contribution in [0.25, 0.3) is 11.1 Å². The Hall–Kier alpha value is -5.04. The molecule has 0 aliphatic carbocycles. The number of methoxy groups -OCH3 is 2. The van der Waals surface area contributed by atoms with Crippen molar-refractivity contribution >= 4 is 27.6 Å². The fraction of sp³-hybridized carbons (Fsp3) is 0.235. The first-order valence-corrected chi connectivity index (χ1v) is 15.9. The van der Waals surface area contributed by atoms with E-state index >= 15 is 0 Å². The fourth-order valence-electron chi connectivity index (χ4n) is 5.31. The number of ether oxygens (including phenoxy) is 3. The van der Waals surface area contributed by atoms with Crippen LogP contribution in [0.5, 0.6) is 11.5 Å². The van der Waals surface area contributed by atoms with Gasteiger partial charge in [0.15, 0.2) is 0 Å². The minimum atomic E-state index is -4.52. The molecule has 0 radical (unpaired) electrons. The highest BCUT2D eigenvalue weighted by atomic mass is 32.2. The number of esters is 1. The highest BCUT2D eigenvalue weighted by Gasteiger charge is 2.43. The minimum Gasteiger partial charge on any atom is -0.496 e. The molecule has 0 spiro atoms. The van der Waals surface area contributed by atoms with Crippen molar-refractivity contribution in [3.8, 4) is 22.6 Å². The van der Waals surface area contributed by atoms with Gasteiger partial charge in [-0.15, -0.1) is 0 Å². The molecule has 1 atom stereocenters. The second-order valence-electron chi connectivity index (χ2n) is 10.6. The van der Waals surface area contributed by atoms with Crippen LogP contribution < -0.4 is 19.1 Å². The first-order chi connectivity index (χ1) is 22.4. The highest BCUT2D eigenvalue weighted by molar-refractivity contribution is 7.93. The zero-order valence-corrected chi connectivity index (χ0v) is 26.2. The maximum atomic E-state index is 14.1. The van der Waals surface area contributed by atoms with E-state index in [1.165, 1.54) is 50.6 Å². The van der Waals surface area contributed by atoms with E-state index in [-0.39, 0.29) is 48.1 Å². The summed E-state index contributed by atoms with van der Waals surface area (Å²) in [5.74, 6) is 0.0289. The topological polar surface area (TPSA) is 111 Å². The first-order valence-electron chi connectivity index (χ1n) is 14.5. The van der Waals surface area contributed by atoms with Crippen molar-refractivity contribution in [2.45, 2.75) is 30.0 Å². The number of halogens is 3. The van der Waals surface area contributed by atoms with Crippen molar-refractivity contribution in [1.29, 1.82) is 0 Å². The number of carbonyl (C=O) groups is 2. The van der Waals surface area contributed by atoms with Gasteiger partial charge < -0.3 is 19.5 Å². The SMILES string of the molecule is COC(=O)Cc1ccc(OCCNC(=O)C2Cc3c(OC)cccc3N2S(=O)(=O)c2ccc(-c3cccc(C(F)(F)F)c3)cc2)cc1. The summed E-state index contributed by atoms with van der Waals surface area (Å²) in [7, 11) is -1.55. The quantitative estimate of drug-likeness (QED) is 0.168. The van der Waals surface area contributed by atoms with E-state index in [2.05, 4.69) is 10.1 Å². The lowest BCUT2D eigenvalue weighted by atomic mass is 10.0. The molecule has 5 rings (SSSR count). The number of sulfonamides is 1. The van der Waals surface area contributed by atoms with Crippen molar-refractivity contribution in [3.05, 3.63) is 108 Å². The molecule has 1 unspecified atom stereocenters. The van der Waals surface area contributed by atoms with Gasteiger partial charge in [-0.1, -0.05) is 42.5 Å². The number of nitrogens with zero attached hydrogens (tertiary/aromatic N) is 1. The average Bonchev–Trinajstić information content (AvgIpc) is 3.48. The Morgan fingerprint density at radius 2 is 1.62 bits per heavy atom. The smallest absolute Gasteiger partial charge is 0.416 e. The van der Waals surface area contributed by atoms with Gasteiger partial charge in [0.25, 0.3) is 10.0 Å². The molecule has 4 aromatic rings. The van der Waals surface area contributed by atoms with E-state index in [0.29, 0.717) is 22.6 Å². The average molecular weight is 669 g/mol. The molecule has 246 valence electrons. The Morgan fingerprint density at radius 3 is 2.28 bits per heavy atom. The minimum absolute atomic E-state index is 0.0508. The fourth-order valence-corrected chi connectivity index (χ4v) is 6.95. The third kappa shape index (κ3) is 7.35. The summed E-state index contributed by atoms with van der Waals surface area (Å²) in [5.41, 5.74) is 1.43. The molecule has 0 saturated heterocycles. The normalized spacial score (nSPS) is 14.3. The molecule has 13 heteroatoms. The van der Waals surface area contributed by atoms with E-state index in [1.807, 2.05) is 0 Å². The van der Waals surface area contributed by atoms with Crippen LogP contribution in [0.3, 0.4) is 0 Å². The van der Waals surface area contributed by atoms with Crippen LogP contribution in [0.2, 0.25) is 0 Å². The Morgan fingerprint density at radius 1 is 0.915 bits per heavy atom. The molecule has 9 nitrogen and oxygen atoms in total. The number of hydrogen-bond acceptors (Lipinski definition) is 7. The van der Waals surface area contributed by atoms with Gasteiger partial charge in [0.2, 0.25) is 5.91 Å². The number of alkyl halides is 3. The number of fused-ring (bicyclic) bond motifs is 1. The summed E-state index contributed by atoms with van der Waals surface area (Å²) in [4.78, 5) is 24.8. The van der Waals surface area contributed by atoms with E-state index in [1.54, 1.807) is 42.5 Å². The molecule has 47 heavy (non-hydrogen) atoms. The molecule has 0 aromatic heterocycles. The zero-order valence-electron chi connectivity index (χ0n) is 25.4.